The molecule has 4 N–H and O–H groups in total. The molecule has 0 amide bonds. The number of rotatable bonds is 7. The molecule has 0 spiro atoms. The zero-order valence-electron chi connectivity index (χ0n) is 9.34. The van der Waals surface area contributed by atoms with E-state index in [1.165, 1.54) is 0 Å². The van der Waals surface area contributed by atoms with Crippen LogP contribution in [-0.4, -0.2) is 50.5 Å². The molecule has 0 saturated heterocycles. The molecule has 0 bridgehead atoms. The van der Waals surface area contributed by atoms with Crippen molar-refractivity contribution in [3.63, 3.8) is 0 Å². The summed E-state index contributed by atoms with van der Waals surface area (Å²) < 4.78 is 31.7. The van der Waals surface area contributed by atoms with Crippen molar-refractivity contribution in [1.82, 2.24) is 4.37 Å². The molecule has 0 atom stereocenters. The molecule has 1 aromatic rings. The lowest BCUT2D eigenvalue weighted by Crippen LogP contribution is -2.12. The average molecular weight is 281 g/mol. The molecule has 0 aliphatic carbocycles. The van der Waals surface area contributed by atoms with E-state index in [9.17, 15) is 8.42 Å². The van der Waals surface area contributed by atoms with Crippen LogP contribution in [0.1, 0.15) is 0 Å². The number of nitrogens with zero attached hydrogens (tertiary/aromatic N) is 1. The van der Waals surface area contributed by atoms with E-state index in [-0.39, 0.29) is 23.9 Å². The molecule has 0 aliphatic rings. The number of nitrogen functional groups attached to an aromatic ring is 1. The summed E-state index contributed by atoms with van der Waals surface area (Å²) in [5, 5.41) is 11.8. The van der Waals surface area contributed by atoms with Gasteiger partial charge in [-0.25, -0.2) is 8.42 Å². The van der Waals surface area contributed by atoms with Gasteiger partial charge in [0.1, 0.15) is 9.90 Å². The third-order valence-corrected chi connectivity index (χ3v) is 3.92. The third kappa shape index (κ3) is 4.11. The fourth-order valence-electron chi connectivity index (χ4n) is 1.17. The summed E-state index contributed by atoms with van der Waals surface area (Å²) in [5.41, 5.74) is 5.50. The first-order valence-electron chi connectivity index (χ1n) is 4.84. The van der Waals surface area contributed by atoms with Gasteiger partial charge in [0.05, 0.1) is 19.8 Å². The van der Waals surface area contributed by atoms with Crippen LogP contribution in [0.4, 0.5) is 10.8 Å². The van der Waals surface area contributed by atoms with Crippen molar-refractivity contribution in [1.29, 1.82) is 0 Å². The zero-order chi connectivity index (χ0) is 12.9. The van der Waals surface area contributed by atoms with Gasteiger partial charge in [0.2, 0.25) is 0 Å². The molecule has 98 valence electrons. The highest BCUT2D eigenvalue weighted by Crippen LogP contribution is 2.30. The van der Waals surface area contributed by atoms with Crippen LogP contribution in [-0.2, 0) is 14.6 Å². The molecule has 0 radical (unpaired) electrons. The maximum absolute atomic E-state index is 11.5. The van der Waals surface area contributed by atoms with E-state index in [1.807, 2.05) is 0 Å². The Bertz CT molecular complexity index is 457. The van der Waals surface area contributed by atoms with Gasteiger partial charge in [0.15, 0.2) is 15.7 Å². The van der Waals surface area contributed by atoms with Gasteiger partial charge in [0, 0.05) is 12.8 Å². The summed E-state index contributed by atoms with van der Waals surface area (Å²) in [5.74, 6) is 0.0104. The molecular weight excluding hydrogens is 266 g/mol. The molecule has 1 heterocycles. The van der Waals surface area contributed by atoms with Crippen LogP contribution in [0.15, 0.2) is 4.90 Å². The highest BCUT2D eigenvalue weighted by molar-refractivity contribution is 7.91. The normalized spacial score (nSPS) is 11.6. The second-order valence-corrected chi connectivity index (χ2v) is 5.99. The Labute approximate surface area is 104 Å². The van der Waals surface area contributed by atoms with Gasteiger partial charge >= 0.3 is 0 Å². The summed E-state index contributed by atoms with van der Waals surface area (Å²) in [7, 11) is -3.39. The second-order valence-electron chi connectivity index (χ2n) is 3.26. The summed E-state index contributed by atoms with van der Waals surface area (Å²) in [6, 6.07) is 0. The average Bonchev–Trinajstić information content (AvgIpc) is 2.59. The van der Waals surface area contributed by atoms with Crippen LogP contribution in [0.2, 0.25) is 0 Å². The van der Waals surface area contributed by atoms with E-state index >= 15 is 0 Å². The molecule has 0 saturated carbocycles. The molecular formula is C8H15N3O4S2. The van der Waals surface area contributed by atoms with Crippen LogP contribution < -0.4 is 11.1 Å². The van der Waals surface area contributed by atoms with Gasteiger partial charge in [-0.15, -0.1) is 0 Å². The first-order valence-corrected chi connectivity index (χ1v) is 7.51. The quantitative estimate of drug-likeness (QED) is 0.580. The molecule has 0 fully saturated rings. The summed E-state index contributed by atoms with van der Waals surface area (Å²) in [6.45, 7) is 0.999. The van der Waals surface area contributed by atoms with Gasteiger partial charge < -0.3 is 20.9 Å². The minimum Gasteiger partial charge on any atom is -0.394 e. The predicted octanol–water partition coefficient (Wildman–Crippen LogP) is -0.450. The Morgan fingerprint density at radius 1 is 1.53 bits per heavy atom. The number of aromatic nitrogens is 1. The standard InChI is InChI=1S/C8H15N3O4S2/c1-17(13,14)6-7(9)11-16-8(6)10-2-4-15-5-3-12/h10,12H,2-5H2,1H3,(H2,9,11). The van der Waals surface area contributed by atoms with Gasteiger partial charge in [-0.3, -0.25) is 0 Å². The Hall–Kier alpha value is -0.900. The van der Waals surface area contributed by atoms with Crippen molar-refractivity contribution in [3.05, 3.63) is 0 Å². The molecule has 0 aromatic carbocycles. The van der Waals surface area contributed by atoms with Crippen LogP contribution in [0.25, 0.3) is 0 Å². The number of hydrogen-bond donors (Lipinski definition) is 3. The zero-order valence-corrected chi connectivity index (χ0v) is 11.0. The third-order valence-electron chi connectivity index (χ3n) is 1.81. The number of ether oxygens (including phenoxy) is 1. The fourth-order valence-corrected chi connectivity index (χ4v) is 3.26. The van der Waals surface area contributed by atoms with Crippen molar-refractivity contribution in [2.75, 3.05) is 43.7 Å². The van der Waals surface area contributed by atoms with Crippen molar-refractivity contribution in [3.8, 4) is 0 Å². The fraction of sp³-hybridized carbons (Fsp3) is 0.625. The Kier molecular flexibility index (Phi) is 5.12. The number of nitrogens with one attached hydrogen (secondary N) is 1. The summed E-state index contributed by atoms with van der Waals surface area (Å²) >= 11 is 0.997. The molecule has 1 aromatic heterocycles. The highest BCUT2D eigenvalue weighted by atomic mass is 32.2. The number of aliphatic hydroxyl groups excluding tert-OH is 1. The smallest absolute Gasteiger partial charge is 0.182 e. The van der Waals surface area contributed by atoms with Crippen LogP contribution in [0.3, 0.4) is 0 Å². The van der Waals surface area contributed by atoms with Gasteiger partial charge in [-0.2, -0.15) is 4.37 Å². The van der Waals surface area contributed by atoms with E-state index in [0.29, 0.717) is 18.2 Å². The van der Waals surface area contributed by atoms with Crippen LogP contribution >= 0.6 is 11.5 Å². The summed E-state index contributed by atoms with van der Waals surface area (Å²) in [6.07, 6.45) is 1.08. The van der Waals surface area contributed by atoms with Crippen LogP contribution in [0, 0.1) is 0 Å². The largest absolute Gasteiger partial charge is 0.394 e. The molecule has 0 unspecified atom stereocenters. The number of anilines is 2. The number of nitrogens with two attached hydrogens (primary N) is 1. The minimum absolute atomic E-state index is 0.0104. The lowest BCUT2D eigenvalue weighted by atomic mass is 10.6. The number of hydrogen-bond acceptors (Lipinski definition) is 8. The Morgan fingerprint density at radius 3 is 2.82 bits per heavy atom. The van der Waals surface area contributed by atoms with Crippen molar-refractivity contribution in [2.45, 2.75) is 4.90 Å². The van der Waals surface area contributed by atoms with E-state index in [0.717, 1.165) is 17.8 Å². The Balaban J connectivity index is 2.60. The van der Waals surface area contributed by atoms with E-state index in [4.69, 9.17) is 15.6 Å². The lowest BCUT2D eigenvalue weighted by Gasteiger charge is -2.06. The molecule has 1 rings (SSSR count). The first-order chi connectivity index (χ1) is 7.96. The van der Waals surface area contributed by atoms with E-state index < -0.39 is 9.84 Å². The molecule has 17 heavy (non-hydrogen) atoms. The number of aliphatic hydroxyl groups is 1. The Morgan fingerprint density at radius 2 is 2.24 bits per heavy atom. The monoisotopic (exact) mass is 281 g/mol. The van der Waals surface area contributed by atoms with Crippen LogP contribution in [0.5, 0.6) is 0 Å². The maximum atomic E-state index is 11.5. The van der Waals surface area contributed by atoms with Crippen molar-refractivity contribution < 1.29 is 18.3 Å². The number of sulfone groups is 1. The van der Waals surface area contributed by atoms with Crippen molar-refractivity contribution >= 4 is 32.2 Å². The van der Waals surface area contributed by atoms with E-state index in [2.05, 4.69) is 9.69 Å². The SMILES string of the molecule is CS(=O)(=O)c1c(N)nsc1NCCOCCO. The molecule has 0 aliphatic heterocycles. The van der Waals surface area contributed by atoms with Gasteiger partial charge in [-0.1, -0.05) is 0 Å². The van der Waals surface area contributed by atoms with Crippen molar-refractivity contribution in [2.24, 2.45) is 0 Å². The summed E-state index contributed by atoms with van der Waals surface area (Å²) in [4.78, 5) is 0.0321. The minimum atomic E-state index is -3.39. The lowest BCUT2D eigenvalue weighted by molar-refractivity contribution is 0.0992. The van der Waals surface area contributed by atoms with Gasteiger partial charge in [0.25, 0.3) is 0 Å². The predicted molar refractivity (Wildman–Crippen MR) is 66.0 cm³/mol. The second kappa shape index (κ2) is 6.15. The molecule has 7 nitrogen and oxygen atoms in total. The highest BCUT2D eigenvalue weighted by Gasteiger charge is 2.20. The first kappa shape index (κ1) is 14.2. The molecule has 9 heteroatoms. The maximum Gasteiger partial charge on any atom is 0.182 e. The van der Waals surface area contributed by atoms with Gasteiger partial charge in [-0.05, 0) is 11.5 Å². The topological polar surface area (TPSA) is 115 Å². The van der Waals surface area contributed by atoms with E-state index in [1.54, 1.807) is 0 Å².